The van der Waals surface area contributed by atoms with Crippen molar-refractivity contribution in [2.24, 2.45) is 0 Å². The van der Waals surface area contributed by atoms with E-state index in [9.17, 15) is 4.79 Å². The molecule has 0 unspecified atom stereocenters. The Hall–Kier alpha value is -2.21. The molecule has 0 atom stereocenters. The highest BCUT2D eigenvalue weighted by molar-refractivity contribution is 9.10. The Kier molecular flexibility index (Phi) is 3.70. The Morgan fingerprint density at radius 1 is 1.14 bits per heavy atom. The molecule has 1 heterocycles. The lowest BCUT2D eigenvalue weighted by molar-refractivity contribution is 0.102. The molecule has 108 valence electrons. The predicted octanol–water partition coefficient (Wildman–Crippen LogP) is 3.05. The smallest absolute Gasteiger partial charge is 0.257 e. The van der Waals surface area contributed by atoms with E-state index in [1.54, 1.807) is 36.4 Å². The average molecular weight is 349 g/mol. The molecular weight excluding hydrogens is 336 g/mol. The van der Waals surface area contributed by atoms with Crippen LogP contribution >= 0.6 is 15.9 Å². The van der Waals surface area contributed by atoms with Crippen LogP contribution in [0, 0.1) is 0 Å². The Bertz CT molecular complexity index is 703. The number of ether oxygens (including phenoxy) is 2. The molecule has 0 bridgehead atoms. The summed E-state index contributed by atoms with van der Waals surface area (Å²) in [6.45, 7) is 1.01. The van der Waals surface area contributed by atoms with Gasteiger partial charge < -0.3 is 20.5 Å². The van der Waals surface area contributed by atoms with Gasteiger partial charge >= 0.3 is 0 Å². The molecule has 1 amide bonds. The SMILES string of the molecule is Nc1ccccc1C(=O)Nc1cc2c(cc1Br)OCCO2. The molecule has 2 aromatic carbocycles. The Labute approximate surface area is 130 Å². The molecule has 0 spiro atoms. The van der Waals surface area contributed by atoms with Gasteiger partial charge in [0.05, 0.1) is 11.3 Å². The summed E-state index contributed by atoms with van der Waals surface area (Å²) in [6, 6.07) is 10.4. The molecule has 0 aromatic heterocycles. The second kappa shape index (κ2) is 5.65. The zero-order valence-corrected chi connectivity index (χ0v) is 12.6. The summed E-state index contributed by atoms with van der Waals surface area (Å²) in [4.78, 5) is 12.3. The topological polar surface area (TPSA) is 73.6 Å². The van der Waals surface area contributed by atoms with E-state index >= 15 is 0 Å². The van der Waals surface area contributed by atoms with Crippen LogP contribution in [0.15, 0.2) is 40.9 Å². The van der Waals surface area contributed by atoms with Gasteiger partial charge in [-0.05, 0) is 28.1 Å². The number of benzene rings is 2. The van der Waals surface area contributed by atoms with Gasteiger partial charge in [0.15, 0.2) is 11.5 Å². The van der Waals surface area contributed by atoms with Crippen LogP contribution in [0.25, 0.3) is 0 Å². The van der Waals surface area contributed by atoms with Gasteiger partial charge in [-0.15, -0.1) is 0 Å². The highest BCUT2D eigenvalue weighted by Crippen LogP contribution is 2.38. The van der Waals surface area contributed by atoms with Crippen LogP contribution < -0.4 is 20.5 Å². The van der Waals surface area contributed by atoms with Crippen LogP contribution in [0.4, 0.5) is 11.4 Å². The first-order valence-electron chi connectivity index (χ1n) is 6.40. The van der Waals surface area contributed by atoms with Crippen molar-refractivity contribution in [1.82, 2.24) is 0 Å². The molecule has 3 rings (SSSR count). The minimum atomic E-state index is -0.273. The van der Waals surface area contributed by atoms with Gasteiger partial charge in [0.2, 0.25) is 0 Å². The van der Waals surface area contributed by atoms with Crippen molar-refractivity contribution in [1.29, 1.82) is 0 Å². The molecule has 2 aromatic rings. The number of nitrogens with two attached hydrogens (primary N) is 1. The molecule has 0 saturated heterocycles. The van der Waals surface area contributed by atoms with Crippen LogP contribution in [0.5, 0.6) is 11.5 Å². The third-order valence-corrected chi connectivity index (χ3v) is 3.74. The highest BCUT2D eigenvalue weighted by Gasteiger charge is 2.17. The molecule has 3 N–H and O–H groups in total. The maximum Gasteiger partial charge on any atom is 0.257 e. The Balaban J connectivity index is 1.88. The fraction of sp³-hybridized carbons (Fsp3) is 0.133. The third kappa shape index (κ3) is 2.80. The average Bonchev–Trinajstić information content (AvgIpc) is 2.48. The monoisotopic (exact) mass is 348 g/mol. The molecule has 0 aliphatic carbocycles. The number of para-hydroxylation sites is 1. The predicted molar refractivity (Wildman–Crippen MR) is 83.9 cm³/mol. The summed E-state index contributed by atoms with van der Waals surface area (Å²) >= 11 is 3.41. The minimum Gasteiger partial charge on any atom is -0.486 e. The van der Waals surface area contributed by atoms with Gasteiger partial charge in [0.1, 0.15) is 13.2 Å². The Morgan fingerprint density at radius 3 is 2.52 bits per heavy atom. The highest BCUT2D eigenvalue weighted by atomic mass is 79.9. The van der Waals surface area contributed by atoms with Gasteiger partial charge in [-0.3, -0.25) is 4.79 Å². The van der Waals surface area contributed by atoms with Gasteiger partial charge in [-0.2, -0.15) is 0 Å². The first kappa shape index (κ1) is 13.8. The number of rotatable bonds is 2. The fourth-order valence-corrected chi connectivity index (χ4v) is 2.47. The number of carbonyl (C=O) groups is 1. The standard InChI is InChI=1S/C15H13BrN2O3/c16-10-7-13-14(21-6-5-20-13)8-12(10)18-15(19)9-3-1-2-4-11(9)17/h1-4,7-8H,5-6,17H2,(H,18,19). The van der Waals surface area contributed by atoms with Gasteiger partial charge in [-0.25, -0.2) is 0 Å². The van der Waals surface area contributed by atoms with E-state index in [1.807, 2.05) is 0 Å². The van der Waals surface area contributed by atoms with E-state index in [-0.39, 0.29) is 5.91 Å². The number of anilines is 2. The van der Waals surface area contributed by atoms with Crippen molar-refractivity contribution in [2.45, 2.75) is 0 Å². The number of hydrogen-bond donors (Lipinski definition) is 2. The molecule has 6 heteroatoms. The van der Waals surface area contributed by atoms with Crippen molar-refractivity contribution in [3.63, 3.8) is 0 Å². The van der Waals surface area contributed by atoms with Crippen LogP contribution in [-0.2, 0) is 0 Å². The molecule has 0 radical (unpaired) electrons. The normalized spacial score (nSPS) is 12.8. The van der Waals surface area contributed by atoms with Crippen LogP contribution in [0.3, 0.4) is 0 Å². The third-order valence-electron chi connectivity index (χ3n) is 3.09. The van der Waals surface area contributed by atoms with Crippen molar-refractivity contribution >= 4 is 33.2 Å². The van der Waals surface area contributed by atoms with Crippen LogP contribution in [0.1, 0.15) is 10.4 Å². The summed E-state index contributed by atoms with van der Waals surface area (Å²) in [5, 5.41) is 2.82. The van der Waals surface area contributed by atoms with E-state index in [4.69, 9.17) is 15.2 Å². The van der Waals surface area contributed by atoms with Crippen molar-refractivity contribution in [3.8, 4) is 11.5 Å². The van der Waals surface area contributed by atoms with E-state index in [2.05, 4.69) is 21.2 Å². The first-order valence-corrected chi connectivity index (χ1v) is 7.19. The molecule has 21 heavy (non-hydrogen) atoms. The maximum absolute atomic E-state index is 12.3. The molecule has 0 saturated carbocycles. The second-order valence-electron chi connectivity index (χ2n) is 4.52. The summed E-state index contributed by atoms with van der Waals surface area (Å²) in [7, 11) is 0. The zero-order chi connectivity index (χ0) is 14.8. The number of fused-ring (bicyclic) bond motifs is 1. The number of nitrogen functional groups attached to an aromatic ring is 1. The van der Waals surface area contributed by atoms with E-state index in [0.29, 0.717) is 41.7 Å². The lowest BCUT2D eigenvalue weighted by Crippen LogP contribution is -2.17. The van der Waals surface area contributed by atoms with Crippen LogP contribution in [-0.4, -0.2) is 19.1 Å². The van der Waals surface area contributed by atoms with Crippen molar-refractivity contribution in [3.05, 3.63) is 46.4 Å². The zero-order valence-electron chi connectivity index (χ0n) is 11.1. The van der Waals surface area contributed by atoms with Gasteiger partial charge in [0, 0.05) is 22.3 Å². The molecular formula is C15H13BrN2O3. The van der Waals surface area contributed by atoms with E-state index < -0.39 is 0 Å². The van der Waals surface area contributed by atoms with E-state index in [0.717, 1.165) is 4.47 Å². The minimum absolute atomic E-state index is 0.273. The van der Waals surface area contributed by atoms with Crippen molar-refractivity contribution in [2.75, 3.05) is 24.3 Å². The molecule has 5 nitrogen and oxygen atoms in total. The largest absolute Gasteiger partial charge is 0.486 e. The van der Waals surface area contributed by atoms with E-state index in [1.165, 1.54) is 0 Å². The van der Waals surface area contributed by atoms with Crippen LogP contribution in [0.2, 0.25) is 0 Å². The molecule has 0 fully saturated rings. The number of halogens is 1. The fourth-order valence-electron chi connectivity index (χ4n) is 2.05. The number of amides is 1. The summed E-state index contributed by atoms with van der Waals surface area (Å²) in [5.41, 5.74) is 7.27. The summed E-state index contributed by atoms with van der Waals surface area (Å²) < 4.78 is 11.7. The van der Waals surface area contributed by atoms with Gasteiger partial charge in [0.25, 0.3) is 5.91 Å². The summed E-state index contributed by atoms with van der Waals surface area (Å²) in [5.74, 6) is 0.997. The molecule has 1 aliphatic heterocycles. The van der Waals surface area contributed by atoms with Gasteiger partial charge in [-0.1, -0.05) is 12.1 Å². The first-order chi connectivity index (χ1) is 10.1. The summed E-state index contributed by atoms with van der Waals surface area (Å²) in [6.07, 6.45) is 0. The lowest BCUT2D eigenvalue weighted by atomic mass is 10.1. The maximum atomic E-state index is 12.3. The lowest BCUT2D eigenvalue weighted by Gasteiger charge is -2.20. The molecule has 1 aliphatic rings. The second-order valence-corrected chi connectivity index (χ2v) is 5.37. The number of nitrogens with one attached hydrogen (secondary N) is 1. The Morgan fingerprint density at radius 2 is 1.81 bits per heavy atom. The quantitative estimate of drug-likeness (QED) is 0.818. The number of carbonyl (C=O) groups excluding carboxylic acids is 1. The van der Waals surface area contributed by atoms with Crippen molar-refractivity contribution < 1.29 is 14.3 Å². The number of hydrogen-bond acceptors (Lipinski definition) is 4.